The molecule has 14 N–H and O–H groups in total. The lowest BCUT2D eigenvalue weighted by molar-refractivity contribution is -0.161. The number of esters is 1. The Labute approximate surface area is 849 Å². The summed E-state index contributed by atoms with van der Waals surface area (Å²) in [7, 11) is 1.53. The van der Waals surface area contributed by atoms with Crippen molar-refractivity contribution in [2.24, 2.45) is 11.8 Å². The molecule has 0 bridgehead atoms. The van der Waals surface area contributed by atoms with E-state index >= 15 is 0 Å². The molecule has 1 saturated carbocycles. The Hall–Kier alpha value is -15.9. The van der Waals surface area contributed by atoms with E-state index in [0.717, 1.165) is 32.8 Å². The van der Waals surface area contributed by atoms with E-state index in [1.807, 2.05) is 115 Å². The van der Waals surface area contributed by atoms with Gasteiger partial charge in [0.05, 0.1) is 112 Å². The number of amides is 3. The second-order valence-electron chi connectivity index (χ2n) is 36.2. The zero-order valence-electron chi connectivity index (χ0n) is 81.4. The van der Waals surface area contributed by atoms with Crippen molar-refractivity contribution in [1.29, 1.82) is 0 Å². The van der Waals surface area contributed by atoms with Crippen LogP contribution in [0.3, 0.4) is 0 Å². The molecule has 0 radical (unpaired) electrons. The molecule has 7 aliphatic rings. The fraction of sp³-hybridized carbons (Fsp3) is 0.376. The minimum absolute atomic E-state index is 0.0470. The van der Waals surface area contributed by atoms with Crippen LogP contribution in [0.1, 0.15) is 128 Å². The first-order chi connectivity index (χ1) is 72.4. The van der Waals surface area contributed by atoms with E-state index in [1.54, 1.807) is 82.9 Å². The second kappa shape index (κ2) is 49.7. The van der Waals surface area contributed by atoms with Crippen LogP contribution < -0.4 is 66.3 Å². The SMILES string of the molecule is C=CC1CN([C@@H]2O[C@H](CO)[C@@H](O)[C@@H]2OC(=O)Cc2ccc(OC)cc2)C(=O)NC1=O.C=Cc1cn([C@H]2C[C@H](n3cc(-c4ccccc4)nn3)[C@@H](CO)O2)c(=O)[nH]c1=O.Cc1cn([C@H]2C[C@H](n3cc(-c4ccccc4)nn3)[C@@H](CO)O2)c(=O)[nH]c1=O.Cc1cn([C@H]2C[C@H](n3cc(Cc4ccccc4)nn3)[C@@H](CO)O2)c(=O)[nH]c1=O.O=c1[nH]c(=O)n(C2C[C@H](CO)[C@@H](O)C2)cc1-c1ccccc1.O=c1ccn(C2CCC(CO)O2)c(=O)[nH]1. The summed E-state index contributed by atoms with van der Waals surface area (Å²) < 4.78 is 50.9. The predicted octanol–water partition coefficient (Wildman–Crippen LogP) is 1.43. The maximum atomic E-state index is 12.5. The monoisotopic (exact) mass is 2070 g/mol. The molecule has 49 nitrogen and oxygen atoms in total. The number of aliphatic hydroxyl groups excluding tert-OH is 8. The summed E-state index contributed by atoms with van der Waals surface area (Å²) in [5.74, 6) is -1.43. The van der Waals surface area contributed by atoms with Gasteiger partial charge in [-0.05, 0) is 68.4 Å². The lowest BCUT2D eigenvalue weighted by atomic mass is 10.0. The van der Waals surface area contributed by atoms with Crippen LogP contribution in [0, 0.1) is 25.7 Å². The van der Waals surface area contributed by atoms with Gasteiger partial charge in [0, 0.05) is 116 Å². The Bertz CT molecular complexity index is 7490. The number of hydrogen-bond acceptors (Lipinski definition) is 34. The lowest BCUT2D eigenvalue weighted by Gasteiger charge is -2.36. The summed E-state index contributed by atoms with van der Waals surface area (Å²) in [6.07, 6.45) is 10.0. The van der Waals surface area contributed by atoms with Crippen molar-refractivity contribution in [3.8, 4) is 39.4 Å². The number of nitrogens with zero attached hydrogens (tertiary/aromatic N) is 15. The summed E-state index contributed by atoms with van der Waals surface area (Å²) in [6, 6.07) is 44.6. The van der Waals surface area contributed by atoms with Crippen LogP contribution in [-0.4, -0.2) is 265 Å². The van der Waals surface area contributed by atoms with Gasteiger partial charge in [0.25, 0.3) is 27.8 Å². The van der Waals surface area contributed by atoms with Gasteiger partial charge in [0.15, 0.2) is 12.3 Å². The van der Waals surface area contributed by atoms with E-state index in [9.17, 15) is 98.1 Å². The average Bonchev–Trinajstić information content (AvgIpc) is 1.61. The van der Waals surface area contributed by atoms with Crippen LogP contribution in [0.4, 0.5) is 4.79 Å². The Morgan fingerprint density at radius 2 is 0.953 bits per heavy atom. The highest BCUT2D eigenvalue weighted by Crippen LogP contribution is 2.41. The molecule has 14 heterocycles. The van der Waals surface area contributed by atoms with Gasteiger partial charge in [-0.3, -0.25) is 91.5 Å². The van der Waals surface area contributed by atoms with Crippen LogP contribution in [0.15, 0.2) is 268 Å². The zero-order chi connectivity index (χ0) is 107. The molecule has 13 aromatic rings. The maximum absolute atomic E-state index is 12.5. The summed E-state index contributed by atoms with van der Waals surface area (Å²) in [5, 5.41) is 105. The number of imide groups is 1. The van der Waals surface area contributed by atoms with Gasteiger partial charge < -0.3 is 74.0 Å². The molecule has 7 fully saturated rings. The quantitative estimate of drug-likeness (QED) is 0.0269. The van der Waals surface area contributed by atoms with E-state index < -0.39 is 154 Å². The molecule has 6 aliphatic heterocycles. The molecular formula is C101H113N21O28. The number of methoxy groups -OCH3 is 1. The number of rotatable bonds is 26. The van der Waals surface area contributed by atoms with Crippen LogP contribution in [0.5, 0.6) is 5.75 Å². The summed E-state index contributed by atoms with van der Waals surface area (Å²) in [4.78, 5) is 167. The van der Waals surface area contributed by atoms with E-state index in [2.05, 4.69) is 74.3 Å². The topological polar surface area (TPSA) is 659 Å². The van der Waals surface area contributed by atoms with Crippen molar-refractivity contribution < 1.29 is 88.4 Å². The molecule has 20 rings (SSSR count). The van der Waals surface area contributed by atoms with Crippen molar-refractivity contribution in [3.05, 3.63) is 358 Å². The standard InChI is InChI=1S/C20H24N2O8.C19H21N5O4.C19H19N5O4.C18H19N5O4.C16H18N2O4.C9H12N2O4/c1-3-12-9-22(20(27)21-18(12)26)19-17(16(25)14(10-23)29-19)30-15(24)8-11-4-6-13(28-2)7-5-11;1-12-9-23(19(27)20-18(12)26)17-8-15(16(11-25)28-17)24-10-14(21-22-24)7-13-5-3-2-4-6-13;1-2-12-9-23(19(27)20-18(12)26)17-8-15(16(11-25)28-17)24-10-14(21-22-24)13-6-4-3-5-7-13;1-11-8-22(18(26)19-17(11)25)16-7-14(15(10-24)27-16)23-9-13(20-21-23)12-5-3-2-4-6-12;19-9-11-6-12(7-14(11)20)18-8-13(15(21)17-16(18)22)10-4-2-1-3-5-10;12-5-6-1-2-8(15-6)11-4-3-7(13)10-9(11)14/h3-7,12,14,16-17,19,23,25H,1,8-10H2,2H3,(H,21,26,27);2-6,9-10,15-17,25H,7-8,11H2,1H3,(H,20,26,27);2-7,9-10,15-17,25H,1,8,11H2,(H,20,26,27);2-6,8-9,14-16,24H,7,10H2,1H3,(H,19,25,26);1-5,8,11-12,14,19-20H,6-7,9H2,(H,17,21,22);3-4,6,8,12H,1-2,5H2,(H,10,13,14)/t12?,14-,16-,17+,19-;2*15-,16+,17+;14-,15+,16+;11-,12?,14+;/m10001./s1. The third-order valence-electron chi connectivity index (χ3n) is 26.4. The number of aromatic nitrogens is 19. The fourth-order valence-corrected chi connectivity index (χ4v) is 18.3. The molecule has 150 heavy (non-hydrogen) atoms. The van der Waals surface area contributed by atoms with Gasteiger partial charge in [0.2, 0.25) is 5.91 Å². The van der Waals surface area contributed by atoms with Crippen LogP contribution in [0.2, 0.25) is 0 Å². The van der Waals surface area contributed by atoms with Gasteiger partial charge in [-0.15, -0.1) is 21.9 Å². The third kappa shape index (κ3) is 25.7. The fourth-order valence-electron chi connectivity index (χ4n) is 18.3. The van der Waals surface area contributed by atoms with Crippen LogP contribution in [-0.2, 0) is 50.9 Å². The molecule has 1 aliphatic carbocycles. The molecule has 790 valence electrons. The smallest absolute Gasteiger partial charge is 0.330 e. The number of nitrogens with one attached hydrogen (secondary N) is 6. The summed E-state index contributed by atoms with van der Waals surface area (Å²) in [6.45, 7) is 8.95. The van der Waals surface area contributed by atoms with Crippen molar-refractivity contribution >= 4 is 24.0 Å². The number of ether oxygens (including phenoxy) is 7. The number of aromatic amines is 5. The van der Waals surface area contributed by atoms with Gasteiger partial charge in [-0.2, -0.15) is 0 Å². The lowest BCUT2D eigenvalue weighted by Crippen LogP contribution is -2.60. The van der Waals surface area contributed by atoms with E-state index in [-0.39, 0.29) is 94.0 Å². The van der Waals surface area contributed by atoms with Crippen LogP contribution >= 0.6 is 0 Å². The predicted molar refractivity (Wildman–Crippen MR) is 533 cm³/mol. The highest BCUT2D eigenvalue weighted by Gasteiger charge is 2.52. The molecule has 4 unspecified atom stereocenters. The molecule has 49 heteroatoms. The number of carbonyl (C=O) groups excluding carboxylic acids is 3. The van der Waals surface area contributed by atoms with E-state index in [4.69, 9.17) is 38.3 Å². The van der Waals surface area contributed by atoms with E-state index in [0.29, 0.717) is 90.8 Å². The average molecular weight is 2070 g/mol. The minimum Gasteiger partial charge on any atom is -0.497 e. The number of benzene rings is 5. The first kappa shape index (κ1) is 108. The molecule has 5 aromatic carbocycles. The van der Waals surface area contributed by atoms with Gasteiger partial charge >= 0.3 is 40.4 Å². The Balaban J connectivity index is 0.000000136. The molecule has 8 aromatic heterocycles. The number of hydrogen-bond donors (Lipinski definition) is 14. The van der Waals surface area contributed by atoms with Crippen LogP contribution in [0.25, 0.3) is 39.7 Å². The van der Waals surface area contributed by atoms with Crippen molar-refractivity contribution in [2.45, 2.75) is 176 Å². The van der Waals surface area contributed by atoms with Crippen molar-refractivity contribution in [3.63, 3.8) is 0 Å². The Morgan fingerprint density at radius 3 is 1.44 bits per heavy atom. The number of aliphatic hydroxyl groups is 8. The zero-order valence-corrected chi connectivity index (χ0v) is 81.4. The Kier molecular flexibility index (Phi) is 35.9. The molecule has 19 atom stereocenters. The number of urea groups is 1. The molecule has 0 spiro atoms. The molecular weight excluding hydrogens is 1960 g/mol. The van der Waals surface area contributed by atoms with Gasteiger partial charge in [-0.1, -0.05) is 168 Å². The highest BCUT2D eigenvalue weighted by molar-refractivity contribution is 5.99. The summed E-state index contributed by atoms with van der Waals surface area (Å²) >= 11 is 0. The molecule has 3 amide bonds. The van der Waals surface area contributed by atoms with Crippen molar-refractivity contribution in [2.75, 3.05) is 53.3 Å². The maximum Gasteiger partial charge on any atom is 0.330 e. The second-order valence-corrected chi connectivity index (χ2v) is 36.2. The van der Waals surface area contributed by atoms with Gasteiger partial charge in [0.1, 0.15) is 72.6 Å². The van der Waals surface area contributed by atoms with Crippen molar-refractivity contribution in [1.82, 2.24) is 103 Å². The minimum atomic E-state index is -1.35. The summed E-state index contributed by atoms with van der Waals surface area (Å²) in [5.41, 5.74) is 3.29. The van der Waals surface area contributed by atoms with Gasteiger partial charge in [-0.25, -0.2) is 42.8 Å². The first-order valence-corrected chi connectivity index (χ1v) is 48.0. The number of carbonyl (C=O) groups is 3. The highest BCUT2D eigenvalue weighted by atomic mass is 16.6. The molecule has 6 saturated heterocycles. The largest absolute Gasteiger partial charge is 0.497 e. The first-order valence-electron chi connectivity index (χ1n) is 48.0. The van der Waals surface area contributed by atoms with E-state index in [1.165, 1.54) is 73.0 Å². The normalized spacial score (nSPS) is 24.0. The number of aryl methyl sites for hydroxylation is 2. The third-order valence-corrected chi connectivity index (χ3v) is 26.4. The Morgan fingerprint density at radius 1 is 0.467 bits per heavy atom. The number of H-pyrrole nitrogens is 5.